The first kappa shape index (κ1) is 24.3. The first-order valence-electron chi connectivity index (χ1n) is 9.64. The highest BCUT2D eigenvalue weighted by Crippen LogP contribution is 2.33. The first-order valence-corrected chi connectivity index (χ1v) is 11.9. The number of carbonyl (C=O) groups excluding carboxylic acids is 1. The van der Waals surface area contributed by atoms with E-state index in [2.05, 4.69) is 49.9 Å². The number of hydrogen-bond donors (Lipinski definition) is 1. The molecule has 0 aromatic heterocycles. The number of ether oxygens (including phenoxy) is 1. The van der Waals surface area contributed by atoms with E-state index in [0.29, 0.717) is 28.6 Å². The molecular weight excluding hydrogens is 603 g/mol. The van der Waals surface area contributed by atoms with E-state index in [0.717, 1.165) is 19.2 Å². The smallest absolute Gasteiger partial charge is 0.266 e. The summed E-state index contributed by atoms with van der Waals surface area (Å²) < 4.78 is 7.62. The molecule has 3 aromatic rings. The van der Waals surface area contributed by atoms with Crippen LogP contribution in [-0.4, -0.2) is 5.91 Å². The minimum absolute atomic E-state index is 0.0134. The maximum atomic E-state index is 12.7. The maximum Gasteiger partial charge on any atom is 0.266 e. The van der Waals surface area contributed by atoms with Crippen LogP contribution in [0.25, 0.3) is 6.08 Å². The van der Waals surface area contributed by atoms with E-state index in [1.807, 2.05) is 50.2 Å². The first-order chi connectivity index (χ1) is 15.3. The number of benzene rings is 3. The van der Waals surface area contributed by atoms with E-state index in [-0.39, 0.29) is 5.57 Å². The molecule has 3 aromatic carbocycles. The molecule has 0 bridgehead atoms. The van der Waals surface area contributed by atoms with Gasteiger partial charge in [0.25, 0.3) is 5.91 Å². The van der Waals surface area contributed by atoms with Gasteiger partial charge >= 0.3 is 0 Å². The lowest BCUT2D eigenvalue weighted by Gasteiger charge is -2.12. The fourth-order valence-corrected chi connectivity index (χ4v) is 4.95. The van der Waals surface area contributed by atoms with Gasteiger partial charge in [-0.2, -0.15) is 5.26 Å². The van der Waals surface area contributed by atoms with Crippen molar-refractivity contribution in [1.82, 2.24) is 0 Å². The number of nitrogens with zero attached hydrogens (tertiary/aromatic N) is 1. The van der Waals surface area contributed by atoms with Crippen LogP contribution >= 0.6 is 50.1 Å². The lowest BCUT2D eigenvalue weighted by Crippen LogP contribution is -2.14. The average Bonchev–Trinajstić information content (AvgIpc) is 2.74. The Kier molecular flexibility index (Phi) is 8.35. The number of aryl methyl sites for hydroxylation is 1. The van der Waals surface area contributed by atoms with Crippen LogP contribution in [-0.2, 0) is 11.4 Å². The van der Waals surface area contributed by atoms with Gasteiger partial charge in [0, 0.05) is 10.7 Å². The van der Waals surface area contributed by atoms with Crippen molar-refractivity contribution in [2.24, 2.45) is 0 Å². The molecule has 0 saturated carbocycles. The largest absolute Gasteiger partial charge is 0.487 e. The zero-order chi connectivity index (χ0) is 23.3. The molecule has 0 spiro atoms. The van der Waals surface area contributed by atoms with E-state index < -0.39 is 5.91 Å². The normalized spacial score (nSPS) is 11.1. The second kappa shape index (κ2) is 11.0. The van der Waals surface area contributed by atoms with Crippen LogP contribution < -0.4 is 10.1 Å². The SMILES string of the molecule is Cc1cccc(COc2c(Br)cc(/C=C(/C#N)C(=O)Nc3cccc(Cl)c3C)cc2I)c1. The van der Waals surface area contributed by atoms with Gasteiger partial charge in [0.2, 0.25) is 0 Å². The van der Waals surface area contributed by atoms with Crippen molar-refractivity contribution in [3.63, 3.8) is 0 Å². The molecule has 0 aliphatic rings. The summed E-state index contributed by atoms with van der Waals surface area (Å²) in [6.45, 7) is 4.29. The Labute approximate surface area is 214 Å². The molecule has 0 aliphatic carbocycles. The number of halogens is 3. The second-order valence-electron chi connectivity index (χ2n) is 7.13. The van der Waals surface area contributed by atoms with Crippen molar-refractivity contribution in [2.45, 2.75) is 20.5 Å². The standard InChI is InChI=1S/C25H19BrClIN2O2/c1-15-5-3-6-17(9-15)14-32-24-20(26)11-18(12-22(24)28)10-19(13-29)25(31)30-23-8-4-7-21(27)16(23)2/h3-12H,14H2,1-2H3,(H,30,31)/b19-10-. The van der Waals surface area contributed by atoms with E-state index in [1.54, 1.807) is 24.3 Å². The molecule has 0 aliphatic heterocycles. The van der Waals surface area contributed by atoms with E-state index in [9.17, 15) is 10.1 Å². The molecule has 3 rings (SSSR count). The van der Waals surface area contributed by atoms with Crippen molar-refractivity contribution in [3.05, 3.63) is 95.5 Å². The number of anilines is 1. The molecule has 0 unspecified atom stereocenters. The number of nitriles is 1. The molecular formula is C25H19BrClIN2O2. The third-order valence-corrected chi connectivity index (χ3v) is 6.48. The molecule has 1 amide bonds. The summed E-state index contributed by atoms with van der Waals surface area (Å²) >= 11 is 11.8. The zero-order valence-corrected chi connectivity index (χ0v) is 21.9. The van der Waals surface area contributed by atoms with Crippen LogP contribution in [0, 0.1) is 28.7 Å². The van der Waals surface area contributed by atoms with E-state index >= 15 is 0 Å². The van der Waals surface area contributed by atoms with Gasteiger partial charge in [-0.25, -0.2) is 0 Å². The van der Waals surface area contributed by atoms with Crippen LogP contribution in [0.15, 0.2) is 64.6 Å². The predicted octanol–water partition coefficient (Wildman–Crippen LogP) is 7.45. The Balaban J connectivity index is 1.79. The van der Waals surface area contributed by atoms with Crippen LogP contribution in [0.4, 0.5) is 5.69 Å². The van der Waals surface area contributed by atoms with Crippen LogP contribution in [0.2, 0.25) is 5.02 Å². The lowest BCUT2D eigenvalue weighted by atomic mass is 10.1. The number of rotatable bonds is 6. The third-order valence-electron chi connectivity index (χ3n) is 4.68. The molecule has 0 heterocycles. The highest BCUT2D eigenvalue weighted by Gasteiger charge is 2.14. The average molecular weight is 622 g/mol. The maximum absolute atomic E-state index is 12.7. The van der Waals surface area contributed by atoms with Crippen LogP contribution in [0.1, 0.15) is 22.3 Å². The minimum atomic E-state index is -0.497. The quantitative estimate of drug-likeness (QED) is 0.177. The Morgan fingerprint density at radius 2 is 1.97 bits per heavy atom. The van der Waals surface area contributed by atoms with Crippen molar-refractivity contribution in [3.8, 4) is 11.8 Å². The van der Waals surface area contributed by atoms with E-state index in [1.165, 1.54) is 5.56 Å². The van der Waals surface area contributed by atoms with Gasteiger partial charge in [-0.3, -0.25) is 4.79 Å². The number of hydrogen-bond acceptors (Lipinski definition) is 3. The summed E-state index contributed by atoms with van der Waals surface area (Å²) in [5, 5.41) is 12.8. The van der Waals surface area contributed by atoms with Crippen molar-refractivity contribution >= 4 is 67.8 Å². The minimum Gasteiger partial charge on any atom is -0.487 e. The summed E-state index contributed by atoms with van der Waals surface area (Å²) in [6, 6.07) is 19.0. The van der Waals surface area contributed by atoms with Gasteiger partial charge in [0.05, 0.1) is 8.04 Å². The van der Waals surface area contributed by atoms with Gasteiger partial charge in [-0.1, -0.05) is 47.5 Å². The molecule has 7 heteroatoms. The summed E-state index contributed by atoms with van der Waals surface area (Å²) in [5.74, 6) is 0.213. The molecule has 162 valence electrons. The monoisotopic (exact) mass is 620 g/mol. The Morgan fingerprint density at radius 1 is 1.22 bits per heavy atom. The predicted molar refractivity (Wildman–Crippen MR) is 141 cm³/mol. The fourth-order valence-electron chi connectivity index (χ4n) is 3.01. The number of carbonyl (C=O) groups is 1. The topological polar surface area (TPSA) is 62.1 Å². The Hall–Kier alpha value is -2.34. The molecule has 0 fully saturated rings. The molecule has 4 nitrogen and oxygen atoms in total. The van der Waals surface area contributed by atoms with Gasteiger partial charge in [-0.15, -0.1) is 0 Å². The van der Waals surface area contributed by atoms with Crippen molar-refractivity contribution in [2.75, 3.05) is 5.32 Å². The fraction of sp³-hybridized carbons (Fsp3) is 0.120. The highest BCUT2D eigenvalue weighted by atomic mass is 127. The molecule has 0 saturated heterocycles. The van der Waals surface area contributed by atoms with Crippen molar-refractivity contribution in [1.29, 1.82) is 5.26 Å². The number of nitrogens with one attached hydrogen (secondary N) is 1. The van der Waals surface area contributed by atoms with Gasteiger partial charge < -0.3 is 10.1 Å². The summed E-state index contributed by atoms with van der Waals surface area (Å²) in [4.78, 5) is 12.7. The lowest BCUT2D eigenvalue weighted by molar-refractivity contribution is -0.112. The summed E-state index contributed by atoms with van der Waals surface area (Å²) in [5.41, 5.74) is 4.26. The van der Waals surface area contributed by atoms with E-state index in [4.69, 9.17) is 16.3 Å². The number of amides is 1. The second-order valence-corrected chi connectivity index (χ2v) is 9.55. The summed E-state index contributed by atoms with van der Waals surface area (Å²) in [7, 11) is 0. The Morgan fingerprint density at radius 3 is 2.66 bits per heavy atom. The van der Waals surface area contributed by atoms with Crippen molar-refractivity contribution < 1.29 is 9.53 Å². The van der Waals surface area contributed by atoms with Gasteiger partial charge in [0.1, 0.15) is 24.0 Å². The Bertz CT molecular complexity index is 1230. The molecule has 32 heavy (non-hydrogen) atoms. The molecule has 0 radical (unpaired) electrons. The van der Waals surface area contributed by atoms with Gasteiger partial charge in [0.15, 0.2) is 0 Å². The highest BCUT2D eigenvalue weighted by molar-refractivity contribution is 14.1. The van der Waals surface area contributed by atoms with Crippen LogP contribution in [0.5, 0.6) is 5.75 Å². The zero-order valence-electron chi connectivity index (χ0n) is 17.4. The molecule has 0 atom stereocenters. The van der Waals surface area contributed by atoms with Gasteiger partial charge in [-0.05, 0) is 99.4 Å². The molecule has 1 N–H and O–H groups in total. The van der Waals surface area contributed by atoms with Crippen LogP contribution in [0.3, 0.4) is 0 Å². The third kappa shape index (κ3) is 6.12. The summed E-state index contributed by atoms with van der Waals surface area (Å²) in [6.07, 6.45) is 1.55.